The second kappa shape index (κ2) is 6.30. The Bertz CT molecular complexity index is 546. The predicted octanol–water partition coefficient (Wildman–Crippen LogP) is 2.42. The number of halogens is 2. The molecule has 0 aliphatic heterocycles. The van der Waals surface area contributed by atoms with E-state index in [1.807, 2.05) is 6.92 Å². The zero-order chi connectivity index (χ0) is 14.7. The van der Waals surface area contributed by atoms with Crippen molar-refractivity contribution in [1.82, 2.24) is 4.72 Å². The highest BCUT2D eigenvalue weighted by Crippen LogP contribution is 2.20. The van der Waals surface area contributed by atoms with Crippen molar-refractivity contribution in [2.24, 2.45) is 0 Å². The second-order valence-electron chi connectivity index (χ2n) is 4.65. The monoisotopic (exact) mass is 353 g/mol. The number of sulfonamides is 1. The van der Waals surface area contributed by atoms with Crippen LogP contribution < -0.4 is 4.72 Å². The SMILES string of the molecule is CCCC(C)(O)CNS(=O)(=O)c1ccc(Br)c(F)c1. The minimum absolute atomic E-state index is 0.110. The zero-order valence-electron chi connectivity index (χ0n) is 10.8. The molecular weight excluding hydrogens is 337 g/mol. The van der Waals surface area contributed by atoms with Gasteiger partial charge in [-0.1, -0.05) is 13.3 Å². The highest BCUT2D eigenvalue weighted by molar-refractivity contribution is 9.10. The third-order valence-electron chi connectivity index (χ3n) is 2.63. The summed E-state index contributed by atoms with van der Waals surface area (Å²) in [5.41, 5.74) is -1.12. The molecule has 1 unspecified atom stereocenters. The van der Waals surface area contributed by atoms with E-state index in [2.05, 4.69) is 20.7 Å². The summed E-state index contributed by atoms with van der Waals surface area (Å²) in [5, 5.41) is 9.91. The standard InChI is InChI=1S/C12H17BrFNO3S/c1-3-6-12(2,16)8-15-19(17,18)9-4-5-10(13)11(14)7-9/h4-5,7,15-16H,3,6,8H2,1-2H3. The maximum absolute atomic E-state index is 13.3. The molecule has 19 heavy (non-hydrogen) atoms. The average molecular weight is 354 g/mol. The topological polar surface area (TPSA) is 66.4 Å². The first-order chi connectivity index (χ1) is 8.68. The van der Waals surface area contributed by atoms with Gasteiger partial charge in [0.15, 0.2) is 0 Å². The van der Waals surface area contributed by atoms with Gasteiger partial charge in [-0.15, -0.1) is 0 Å². The number of rotatable bonds is 6. The van der Waals surface area contributed by atoms with Crippen molar-refractivity contribution < 1.29 is 17.9 Å². The quantitative estimate of drug-likeness (QED) is 0.825. The van der Waals surface area contributed by atoms with Crippen molar-refractivity contribution in [2.75, 3.05) is 6.54 Å². The molecule has 2 N–H and O–H groups in total. The summed E-state index contributed by atoms with van der Waals surface area (Å²) in [6.07, 6.45) is 1.21. The molecule has 0 saturated carbocycles. The minimum Gasteiger partial charge on any atom is -0.389 e. The molecule has 1 aromatic rings. The molecule has 0 aromatic heterocycles. The molecule has 108 valence electrons. The van der Waals surface area contributed by atoms with E-state index in [0.29, 0.717) is 6.42 Å². The molecule has 0 heterocycles. The smallest absolute Gasteiger partial charge is 0.240 e. The van der Waals surface area contributed by atoms with E-state index in [1.165, 1.54) is 12.1 Å². The van der Waals surface area contributed by atoms with Gasteiger partial charge in [0.05, 0.1) is 15.0 Å². The highest BCUT2D eigenvalue weighted by Gasteiger charge is 2.23. The molecule has 0 radical (unpaired) electrons. The van der Waals surface area contributed by atoms with Crippen molar-refractivity contribution in [3.05, 3.63) is 28.5 Å². The minimum atomic E-state index is -3.82. The van der Waals surface area contributed by atoms with E-state index in [4.69, 9.17) is 0 Å². The molecule has 7 heteroatoms. The number of hydrogen-bond acceptors (Lipinski definition) is 3. The van der Waals surface area contributed by atoms with Crippen LogP contribution in [0, 0.1) is 5.82 Å². The summed E-state index contributed by atoms with van der Waals surface area (Å²) in [7, 11) is -3.82. The van der Waals surface area contributed by atoms with Gasteiger partial charge in [-0.2, -0.15) is 0 Å². The fraction of sp³-hybridized carbons (Fsp3) is 0.500. The molecule has 1 rings (SSSR count). The van der Waals surface area contributed by atoms with E-state index in [0.717, 1.165) is 12.5 Å². The van der Waals surface area contributed by atoms with Gasteiger partial charge in [-0.3, -0.25) is 0 Å². The molecule has 0 aliphatic carbocycles. The molecule has 0 amide bonds. The van der Waals surface area contributed by atoms with Crippen LogP contribution in [0.4, 0.5) is 4.39 Å². The van der Waals surface area contributed by atoms with Crippen LogP contribution in [-0.4, -0.2) is 25.7 Å². The van der Waals surface area contributed by atoms with Crippen molar-refractivity contribution in [2.45, 2.75) is 37.2 Å². The van der Waals surface area contributed by atoms with Gasteiger partial charge in [0, 0.05) is 6.54 Å². The lowest BCUT2D eigenvalue weighted by molar-refractivity contribution is 0.0554. The van der Waals surface area contributed by atoms with Gasteiger partial charge in [0.1, 0.15) is 5.82 Å². The Hall–Kier alpha value is -0.500. The van der Waals surface area contributed by atoms with Gasteiger partial charge in [-0.25, -0.2) is 17.5 Å². The third kappa shape index (κ3) is 4.83. The summed E-state index contributed by atoms with van der Waals surface area (Å²) in [4.78, 5) is -0.166. The molecule has 0 saturated heterocycles. The third-order valence-corrected chi connectivity index (χ3v) is 4.67. The van der Waals surface area contributed by atoms with E-state index >= 15 is 0 Å². The van der Waals surface area contributed by atoms with E-state index in [9.17, 15) is 17.9 Å². The predicted molar refractivity (Wildman–Crippen MR) is 74.8 cm³/mol. The van der Waals surface area contributed by atoms with Crippen LogP contribution in [0.2, 0.25) is 0 Å². The Morgan fingerprint density at radius 1 is 1.47 bits per heavy atom. The van der Waals surface area contributed by atoms with Gasteiger partial charge in [-0.05, 0) is 47.5 Å². The Balaban J connectivity index is 2.84. The van der Waals surface area contributed by atoms with Crippen LogP contribution in [0.3, 0.4) is 0 Å². The van der Waals surface area contributed by atoms with Gasteiger partial charge >= 0.3 is 0 Å². The van der Waals surface area contributed by atoms with Crippen LogP contribution in [0.25, 0.3) is 0 Å². The number of nitrogens with one attached hydrogen (secondary N) is 1. The second-order valence-corrected chi connectivity index (χ2v) is 7.27. The molecule has 1 atom stereocenters. The molecule has 0 spiro atoms. The van der Waals surface area contributed by atoms with Gasteiger partial charge < -0.3 is 5.11 Å². The Labute approximate surface area is 121 Å². The molecule has 0 bridgehead atoms. The van der Waals surface area contributed by atoms with E-state index < -0.39 is 21.4 Å². The molecule has 1 aromatic carbocycles. The maximum atomic E-state index is 13.3. The number of benzene rings is 1. The van der Waals surface area contributed by atoms with Crippen LogP contribution in [-0.2, 0) is 10.0 Å². The van der Waals surface area contributed by atoms with Crippen molar-refractivity contribution in [1.29, 1.82) is 0 Å². The van der Waals surface area contributed by atoms with E-state index in [1.54, 1.807) is 6.92 Å². The summed E-state index contributed by atoms with van der Waals surface area (Å²) >= 11 is 2.96. The first kappa shape index (κ1) is 16.6. The molecule has 0 fully saturated rings. The molecule has 0 aliphatic rings. The van der Waals surface area contributed by atoms with Crippen molar-refractivity contribution in [3.8, 4) is 0 Å². The van der Waals surface area contributed by atoms with Crippen LogP contribution in [0.1, 0.15) is 26.7 Å². The van der Waals surface area contributed by atoms with Gasteiger partial charge in [0.2, 0.25) is 10.0 Å². The van der Waals surface area contributed by atoms with Crippen LogP contribution in [0.15, 0.2) is 27.6 Å². The fourth-order valence-corrected chi connectivity index (χ4v) is 3.02. The normalized spacial score (nSPS) is 15.2. The van der Waals surface area contributed by atoms with Crippen LogP contribution in [0.5, 0.6) is 0 Å². The lowest BCUT2D eigenvalue weighted by Gasteiger charge is -2.22. The summed E-state index contributed by atoms with van der Waals surface area (Å²) < 4.78 is 39.7. The molecule has 4 nitrogen and oxygen atoms in total. The maximum Gasteiger partial charge on any atom is 0.240 e. The van der Waals surface area contributed by atoms with E-state index in [-0.39, 0.29) is 15.9 Å². The van der Waals surface area contributed by atoms with Gasteiger partial charge in [0.25, 0.3) is 0 Å². The lowest BCUT2D eigenvalue weighted by Crippen LogP contribution is -2.40. The first-order valence-corrected chi connectivity index (χ1v) is 8.13. The largest absolute Gasteiger partial charge is 0.389 e. The van der Waals surface area contributed by atoms with Crippen LogP contribution >= 0.6 is 15.9 Å². The Kier molecular flexibility index (Phi) is 5.49. The summed E-state index contributed by atoms with van der Waals surface area (Å²) in [6, 6.07) is 3.55. The summed E-state index contributed by atoms with van der Waals surface area (Å²) in [5.74, 6) is -0.650. The number of hydrogen-bond donors (Lipinski definition) is 2. The summed E-state index contributed by atoms with van der Waals surface area (Å²) in [6.45, 7) is 3.34. The molecular formula is C12H17BrFNO3S. The van der Waals surface area contributed by atoms with Crippen molar-refractivity contribution in [3.63, 3.8) is 0 Å². The fourth-order valence-electron chi connectivity index (χ4n) is 1.60. The highest BCUT2D eigenvalue weighted by atomic mass is 79.9. The lowest BCUT2D eigenvalue weighted by atomic mass is 10.0. The van der Waals surface area contributed by atoms with Crippen molar-refractivity contribution >= 4 is 26.0 Å². The average Bonchev–Trinajstić information content (AvgIpc) is 2.30. The Morgan fingerprint density at radius 2 is 2.11 bits per heavy atom. The zero-order valence-corrected chi connectivity index (χ0v) is 13.2. The number of aliphatic hydroxyl groups is 1. The Morgan fingerprint density at radius 3 is 2.63 bits per heavy atom. The first-order valence-electron chi connectivity index (χ1n) is 5.85.